The van der Waals surface area contributed by atoms with Crippen LogP contribution in [0.4, 0.5) is 0 Å². The van der Waals surface area contributed by atoms with Crippen molar-refractivity contribution in [1.29, 1.82) is 0 Å². The second-order valence-electron chi connectivity index (χ2n) is 8.44. The predicted molar refractivity (Wildman–Crippen MR) is 106 cm³/mol. The first-order valence-corrected chi connectivity index (χ1v) is 9.90. The Labute approximate surface area is 158 Å². The summed E-state index contributed by atoms with van der Waals surface area (Å²) in [6.45, 7) is 12.4. The van der Waals surface area contributed by atoms with Gasteiger partial charge in [-0.2, -0.15) is 0 Å². The van der Waals surface area contributed by atoms with Gasteiger partial charge in [0.2, 0.25) is 11.8 Å². The van der Waals surface area contributed by atoms with Crippen molar-refractivity contribution in [3.05, 3.63) is 35.4 Å². The molecule has 2 atom stereocenters. The van der Waals surface area contributed by atoms with Gasteiger partial charge in [-0.1, -0.05) is 52.0 Å². The monoisotopic (exact) mass is 358 g/mol. The zero-order valence-electron chi connectivity index (χ0n) is 16.9. The molecule has 1 aliphatic rings. The number of benzene rings is 1. The van der Waals surface area contributed by atoms with Crippen molar-refractivity contribution in [1.82, 2.24) is 10.2 Å². The van der Waals surface area contributed by atoms with Crippen LogP contribution in [0.5, 0.6) is 0 Å². The third-order valence-electron chi connectivity index (χ3n) is 5.20. The van der Waals surface area contributed by atoms with E-state index < -0.39 is 0 Å². The molecule has 2 amide bonds. The van der Waals surface area contributed by atoms with Gasteiger partial charge in [0.1, 0.15) is 0 Å². The lowest BCUT2D eigenvalue weighted by molar-refractivity contribution is -0.131. The van der Waals surface area contributed by atoms with E-state index in [1.54, 1.807) is 0 Å². The number of rotatable bonds is 7. The molecule has 0 unspecified atom stereocenters. The van der Waals surface area contributed by atoms with Crippen LogP contribution in [-0.2, 0) is 9.59 Å². The lowest BCUT2D eigenvalue weighted by Crippen LogP contribution is -2.36. The van der Waals surface area contributed by atoms with Gasteiger partial charge < -0.3 is 10.2 Å². The summed E-state index contributed by atoms with van der Waals surface area (Å²) in [6.07, 6.45) is 1.52. The Balaban J connectivity index is 2.16. The first kappa shape index (κ1) is 20.5. The summed E-state index contributed by atoms with van der Waals surface area (Å²) in [5.74, 6) is 1.05. The first-order chi connectivity index (χ1) is 12.3. The highest BCUT2D eigenvalue weighted by atomic mass is 16.2. The van der Waals surface area contributed by atoms with Crippen molar-refractivity contribution < 1.29 is 9.59 Å². The van der Waals surface area contributed by atoms with Crippen molar-refractivity contribution in [3.63, 3.8) is 0 Å². The quantitative estimate of drug-likeness (QED) is 0.807. The molecule has 0 radical (unpaired) electrons. The van der Waals surface area contributed by atoms with E-state index in [0.29, 0.717) is 37.9 Å². The van der Waals surface area contributed by atoms with E-state index >= 15 is 0 Å². The van der Waals surface area contributed by atoms with Crippen LogP contribution in [0, 0.1) is 24.7 Å². The number of hydrogen-bond donors (Lipinski definition) is 1. The molecule has 0 spiro atoms. The van der Waals surface area contributed by atoms with Gasteiger partial charge in [-0.25, -0.2) is 0 Å². The zero-order valence-corrected chi connectivity index (χ0v) is 16.9. The van der Waals surface area contributed by atoms with Crippen LogP contribution in [0.3, 0.4) is 0 Å². The molecular weight excluding hydrogens is 324 g/mol. The van der Waals surface area contributed by atoms with E-state index in [9.17, 15) is 9.59 Å². The molecule has 144 valence electrons. The molecule has 1 aromatic carbocycles. The van der Waals surface area contributed by atoms with E-state index in [1.807, 2.05) is 17.0 Å². The highest BCUT2D eigenvalue weighted by Crippen LogP contribution is 2.35. The van der Waals surface area contributed by atoms with Gasteiger partial charge in [-0.05, 0) is 36.3 Å². The van der Waals surface area contributed by atoms with Crippen molar-refractivity contribution in [3.8, 4) is 0 Å². The van der Waals surface area contributed by atoms with Crippen LogP contribution in [0.1, 0.15) is 57.6 Å². The summed E-state index contributed by atoms with van der Waals surface area (Å²) < 4.78 is 0. The molecule has 1 N–H and O–H groups in total. The minimum Gasteiger partial charge on any atom is -0.356 e. The van der Waals surface area contributed by atoms with Crippen molar-refractivity contribution in [2.24, 2.45) is 17.8 Å². The number of likely N-dealkylation sites (tertiary alicyclic amines) is 1. The highest BCUT2D eigenvalue weighted by Gasteiger charge is 2.40. The van der Waals surface area contributed by atoms with E-state index in [4.69, 9.17) is 0 Å². The first-order valence-electron chi connectivity index (χ1n) is 9.90. The van der Waals surface area contributed by atoms with Crippen molar-refractivity contribution in [2.75, 3.05) is 19.6 Å². The SMILES string of the molecule is Cc1ccccc1[C@H]1CN(C(=O)CC(C)C)C[C@H]1C(=O)NCCC(C)C. The van der Waals surface area contributed by atoms with Crippen LogP contribution in [-0.4, -0.2) is 36.3 Å². The van der Waals surface area contributed by atoms with Gasteiger partial charge in [0, 0.05) is 32.0 Å². The second kappa shape index (κ2) is 9.20. The molecule has 1 heterocycles. The molecular formula is C22H34N2O2. The van der Waals surface area contributed by atoms with Gasteiger partial charge in [0.25, 0.3) is 0 Å². The molecule has 1 aromatic rings. The summed E-state index contributed by atoms with van der Waals surface area (Å²) in [4.78, 5) is 27.3. The fourth-order valence-electron chi connectivity index (χ4n) is 3.68. The Morgan fingerprint density at radius 3 is 2.42 bits per heavy atom. The van der Waals surface area contributed by atoms with Crippen LogP contribution < -0.4 is 5.32 Å². The topological polar surface area (TPSA) is 49.4 Å². The maximum absolute atomic E-state index is 12.9. The molecule has 0 bridgehead atoms. The van der Waals surface area contributed by atoms with E-state index in [-0.39, 0.29) is 23.7 Å². The number of nitrogens with zero attached hydrogens (tertiary/aromatic N) is 1. The fraction of sp³-hybridized carbons (Fsp3) is 0.636. The summed E-state index contributed by atoms with van der Waals surface area (Å²) in [5, 5.41) is 3.10. The molecule has 0 aliphatic carbocycles. The van der Waals surface area contributed by atoms with Gasteiger partial charge in [0.15, 0.2) is 0 Å². The Kier molecular flexibility index (Phi) is 7.24. The third kappa shape index (κ3) is 5.33. The number of aryl methyl sites for hydroxylation is 1. The summed E-state index contributed by atoms with van der Waals surface area (Å²) in [7, 11) is 0. The molecule has 0 aromatic heterocycles. The van der Waals surface area contributed by atoms with E-state index in [0.717, 1.165) is 6.42 Å². The Morgan fingerprint density at radius 1 is 1.12 bits per heavy atom. The second-order valence-corrected chi connectivity index (χ2v) is 8.44. The van der Waals surface area contributed by atoms with Crippen LogP contribution >= 0.6 is 0 Å². The maximum atomic E-state index is 12.9. The number of nitrogens with one attached hydrogen (secondary N) is 1. The minimum absolute atomic E-state index is 0.0753. The number of carbonyl (C=O) groups excluding carboxylic acids is 2. The van der Waals surface area contributed by atoms with Gasteiger partial charge in [-0.3, -0.25) is 9.59 Å². The van der Waals surface area contributed by atoms with Crippen LogP contribution in [0.25, 0.3) is 0 Å². The van der Waals surface area contributed by atoms with Crippen molar-refractivity contribution in [2.45, 2.75) is 53.4 Å². The van der Waals surface area contributed by atoms with E-state index in [2.05, 4.69) is 52.1 Å². The summed E-state index contributed by atoms with van der Waals surface area (Å²) in [5.41, 5.74) is 2.38. The van der Waals surface area contributed by atoms with Crippen LogP contribution in [0.2, 0.25) is 0 Å². The lowest BCUT2D eigenvalue weighted by atomic mass is 9.86. The molecule has 1 fully saturated rings. The van der Waals surface area contributed by atoms with Crippen LogP contribution in [0.15, 0.2) is 24.3 Å². The third-order valence-corrected chi connectivity index (χ3v) is 5.20. The predicted octanol–water partition coefficient (Wildman–Crippen LogP) is 3.75. The fourth-order valence-corrected chi connectivity index (χ4v) is 3.68. The number of hydrogen-bond acceptors (Lipinski definition) is 2. The molecule has 2 rings (SSSR count). The largest absolute Gasteiger partial charge is 0.356 e. The summed E-state index contributed by atoms with van der Waals surface area (Å²) in [6, 6.07) is 8.23. The van der Waals surface area contributed by atoms with Gasteiger partial charge in [0.05, 0.1) is 5.92 Å². The highest BCUT2D eigenvalue weighted by molar-refractivity contribution is 5.83. The molecule has 4 nitrogen and oxygen atoms in total. The average Bonchev–Trinajstić information content (AvgIpc) is 2.99. The molecule has 26 heavy (non-hydrogen) atoms. The van der Waals surface area contributed by atoms with E-state index in [1.165, 1.54) is 11.1 Å². The van der Waals surface area contributed by atoms with Gasteiger partial charge >= 0.3 is 0 Å². The Bertz CT molecular complexity index is 624. The number of carbonyl (C=O) groups is 2. The zero-order chi connectivity index (χ0) is 19.3. The maximum Gasteiger partial charge on any atom is 0.225 e. The average molecular weight is 359 g/mol. The van der Waals surface area contributed by atoms with Gasteiger partial charge in [-0.15, -0.1) is 0 Å². The normalized spacial score (nSPS) is 20.0. The molecule has 1 aliphatic heterocycles. The summed E-state index contributed by atoms with van der Waals surface area (Å²) >= 11 is 0. The lowest BCUT2D eigenvalue weighted by Gasteiger charge is -2.20. The smallest absolute Gasteiger partial charge is 0.225 e. The minimum atomic E-state index is -0.167. The molecule has 0 saturated carbocycles. The number of amides is 2. The molecule has 1 saturated heterocycles. The molecule has 4 heteroatoms. The van der Waals surface area contributed by atoms with Crippen molar-refractivity contribution >= 4 is 11.8 Å². The Morgan fingerprint density at radius 2 is 1.81 bits per heavy atom. The Hall–Kier alpha value is -1.84. The standard InChI is InChI=1S/C22H34N2O2/c1-15(2)10-11-23-22(26)20-14-24(21(25)12-16(3)4)13-19(20)18-9-7-6-8-17(18)5/h6-9,15-16,19-20H,10-14H2,1-5H3,(H,23,26)/t19-,20-/m1/s1.